The van der Waals surface area contributed by atoms with Crippen LogP contribution in [0.25, 0.3) is 11.4 Å². The van der Waals surface area contributed by atoms with Crippen LogP contribution in [-0.4, -0.2) is 28.1 Å². The molecule has 0 radical (unpaired) electrons. The molecule has 1 aliphatic rings. The number of carbonyl (C=O) groups is 1. The summed E-state index contributed by atoms with van der Waals surface area (Å²) in [6, 6.07) is 8.27. The predicted octanol–water partition coefficient (Wildman–Crippen LogP) is 4.62. The summed E-state index contributed by atoms with van der Waals surface area (Å²) in [6.45, 7) is 2.07. The zero-order chi connectivity index (χ0) is 21.6. The Morgan fingerprint density at radius 3 is 2.63 bits per heavy atom. The fraction of sp³-hybridized carbons (Fsp3) is 0.250. The second kappa shape index (κ2) is 7.12. The number of amides is 1. The van der Waals surface area contributed by atoms with E-state index in [1.54, 1.807) is 24.0 Å². The molecule has 0 saturated carbocycles. The molecule has 0 unspecified atom stereocenters. The Kier molecular flexibility index (Phi) is 4.71. The van der Waals surface area contributed by atoms with E-state index in [-0.39, 0.29) is 23.8 Å². The predicted molar refractivity (Wildman–Crippen MR) is 96.0 cm³/mol. The number of fused-ring (bicyclic) bond motifs is 1. The van der Waals surface area contributed by atoms with Crippen molar-refractivity contribution < 1.29 is 31.6 Å². The highest BCUT2D eigenvalue weighted by Crippen LogP contribution is 2.37. The van der Waals surface area contributed by atoms with Crippen LogP contribution in [0.4, 0.5) is 17.6 Å². The largest absolute Gasteiger partial charge is 0.496 e. The first-order valence-electron chi connectivity index (χ1n) is 8.87. The maximum absolute atomic E-state index is 13.5. The summed E-state index contributed by atoms with van der Waals surface area (Å²) in [5.74, 6) is -2.17. The van der Waals surface area contributed by atoms with E-state index < -0.39 is 23.9 Å². The molecule has 2 aromatic carbocycles. The molecule has 1 amide bonds. The van der Waals surface area contributed by atoms with Crippen LogP contribution >= 0.6 is 0 Å². The first-order chi connectivity index (χ1) is 14.2. The van der Waals surface area contributed by atoms with Crippen molar-refractivity contribution in [2.45, 2.75) is 25.7 Å². The summed E-state index contributed by atoms with van der Waals surface area (Å²) >= 11 is 0. The highest BCUT2D eigenvalue weighted by Gasteiger charge is 2.39. The van der Waals surface area contributed by atoms with Gasteiger partial charge in [-0.05, 0) is 24.6 Å². The fourth-order valence-corrected chi connectivity index (χ4v) is 3.43. The van der Waals surface area contributed by atoms with E-state index in [4.69, 9.17) is 4.74 Å². The van der Waals surface area contributed by atoms with Gasteiger partial charge >= 0.3 is 12.1 Å². The Balaban J connectivity index is 1.63. The fourth-order valence-electron chi connectivity index (χ4n) is 3.43. The lowest BCUT2D eigenvalue weighted by molar-refractivity contribution is -0.159. The van der Waals surface area contributed by atoms with E-state index in [9.17, 15) is 22.4 Å². The molecule has 0 fully saturated rings. The lowest BCUT2D eigenvalue weighted by Gasteiger charge is -2.26. The van der Waals surface area contributed by atoms with E-state index in [0.29, 0.717) is 22.4 Å². The van der Waals surface area contributed by atoms with Gasteiger partial charge in [0.25, 0.3) is 5.91 Å². The van der Waals surface area contributed by atoms with E-state index >= 15 is 0 Å². The summed E-state index contributed by atoms with van der Waals surface area (Å²) in [5, 5.41) is 3.35. The minimum absolute atomic E-state index is 0.232. The van der Waals surface area contributed by atoms with Crippen LogP contribution in [0, 0.1) is 5.82 Å². The number of nitrogens with zero attached hydrogens (tertiary/aromatic N) is 3. The van der Waals surface area contributed by atoms with Gasteiger partial charge in [-0.3, -0.25) is 4.79 Å². The Morgan fingerprint density at radius 2 is 1.97 bits per heavy atom. The van der Waals surface area contributed by atoms with E-state index in [0.717, 1.165) is 0 Å². The molecule has 0 saturated heterocycles. The number of halogens is 4. The van der Waals surface area contributed by atoms with Crippen molar-refractivity contribution in [3.8, 4) is 17.1 Å². The Bertz CT molecular complexity index is 1130. The SMILES string of the molecule is COc1cc(F)ccc1[C@H](C)N1Cc2ccc(-c3noc(C(F)(F)F)n3)cc2C1=O. The number of ether oxygens (including phenoxy) is 1. The number of alkyl halides is 3. The number of hydrogen-bond donors (Lipinski definition) is 0. The number of benzene rings is 2. The van der Waals surface area contributed by atoms with Crippen LogP contribution in [-0.2, 0) is 12.7 Å². The van der Waals surface area contributed by atoms with Crippen LogP contribution in [0.3, 0.4) is 0 Å². The Labute approximate surface area is 168 Å². The van der Waals surface area contributed by atoms with E-state index in [2.05, 4.69) is 14.7 Å². The summed E-state index contributed by atoms with van der Waals surface area (Å²) < 4.78 is 61.1. The molecule has 0 aliphatic carbocycles. The lowest BCUT2D eigenvalue weighted by atomic mass is 10.1. The average molecular weight is 421 g/mol. The lowest BCUT2D eigenvalue weighted by Crippen LogP contribution is -2.27. The summed E-state index contributed by atoms with van der Waals surface area (Å²) in [7, 11) is 1.41. The summed E-state index contributed by atoms with van der Waals surface area (Å²) in [6.07, 6.45) is -4.75. The van der Waals surface area contributed by atoms with Gasteiger partial charge in [-0.25, -0.2) is 4.39 Å². The van der Waals surface area contributed by atoms with Gasteiger partial charge in [-0.1, -0.05) is 23.4 Å². The molecule has 1 atom stereocenters. The maximum Gasteiger partial charge on any atom is 0.471 e. The minimum Gasteiger partial charge on any atom is -0.496 e. The van der Waals surface area contributed by atoms with Crippen molar-refractivity contribution in [1.82, 2.24) is 15.0 Å². The number of hydrogen-bond acceptors (Lipinski definition) is 5. The molecule has 0 bridgehead atoms. The quantitative estimate of drug-likeness (QED) is 0.575. The molecule has 0 N–H and O–H groups in total. The molecule has 1 aromatic heterocycles. The van der Waals surface area contributed by atoms with Gasteiger partial charge in [0.2, 0.25) is 5.82 Å². The first-order valence-corrected chi connectivity index (χ1v) is 8.87. The van der Waals surface area contributed by atoms with Crippen LogP contribution in [0.5, 0.6) is 5.75 Å². The highest BCUT2D eigenvalue weighted by atomic mass is 19.4. The molecule has 6 nitrogen and oxygen atoms in total. The van der Waals surface area contributed by atoms with Gasteiger partial charge in [0.15, 0.2) is 0 Å². The first kappa shape index (κ1) is 19.9. The molecular weight excluding hydrogens is 406 g/mol. The van der Waals surface area contributed by atoms with Gasteiger partial charge in [0.1, 0.15) is 11.6 Å². The summed E-state index contributed by atoms with van der Waals surface area (Å²) in [5.41, 5.74) is 1.90. The van der Waals surface area contributed by atoms with Crippen molar-refractivity contribution in [3.05, 3.63) is 64.8 Å². The third kappa shape index (κ3) is 3.38. The molecule has 156 valence electrons. The molecule has 0 spiro atoms. The Hall–Kier alpha value is -3.43. The van der Waals surface area contributed by atoms with Gasteiger partial charge in [-0.15, -0.1) is 0 Å². The normalized spacial score (nSPS) is 14.7. The van der Waals surface area contributed by atoms with Gasteiger partial charge < -0.3 is 14.2 Å². The monoisotopic (exact) mass is 421 g/mol. The zero-order valence-corrected chi connectivity index (χ0v) is 15.8. The van der Waals surface area contributed by atoms with Crippen LogP contribution < -0.4 is 4.74 Å². The second-order valence-corrected chi connectivity index (χ2v) is 6.79. The average Bonchev–Trinajstić information content (AvgIpc) is 3.32. The number of carbonyl (C=O) groups excluding carboxylic acids is 1. The van der Waals surface area contributed by atoms with Gasteiger partial charge in [0.05, 0.1) is 13.2 Å². The number of aromatic nitrogens is 2. The molecule has 3 aromatic rings. The summed E-state index contributed by atoms with van der Waals surface area (Å²) in [4.78, 5) is 17.9. The van der Waals surface area contributed by atoms with E-state index in [1.807, 2.05) is 0 Å². The topological polar surface area (TPSA) is 68.5 Å². The van der Waals surface area contributed by atoms with Crippen LogP contribution in [0.15, 0.2) is 40.9 Å². The molecule has 10 heteroatoms. The Morgan fingerprint density at radius 1 is 1.20 bits per heavy atom. The van der Waals surface area contributed by atoms with Crippen molar-refractivity contribution in [2.24, 2.45) is 0 Å². The molecule has 4 rings (SSSR count). The third-order valence-corrected chi connectivity index (χ3v) is 4.98. The van der Waals surface area contributed by atoms with Crippen molar-refractivity contribution >= 4 is 5.91 Å². The molecule has 30 heavy (non-hydrogen) atoms. The number of methoxy groups -OCH3 is 1. The van der Waals surface area contributed by atoms with Gasteiger partial charge in [-0.2, -0.15) is 18.2 Å². The van der Waals surface area contributed by atoms with Crippen molar-refractivity contribution in [1.29, 1.82) is 0 Å². The number of rotatable bonds is 4. The standard InChI is InChI=1S/C20H15F4N3O3/c1-10(14-6-5-13(21)8-16(14)29-2)27-9-12-4-3-11(7-15(12)18(27)28)17-25-19(30-26-17)20(22,23)24/h3-8,10H,9H2,1-2H3/t10-/m0/s1. The highest BCUT2D eigenvalue weighted by molar-refractivity contribution is 5.99. The third-order valence-electron chi connectivity index (χ3n) is 4.98. The second-order valence-electron chi connectivity index (χ2n) is 6.79. The molecular formula is C20H15F4N3O3. The minimum atomic E-state index is -4.75. The van der Waals surface area contributed by atoms with Gasteiger partial charge in [0, 0.05) is 29.3 Å². The van der Waals surface area contributed by atoms with E-state index in [1.165, 1.54) is 31.4 Å². The molecule has 1 aliphatic heterocycles. The van der Waals surface area contributed by atoms with Crippen molar-refractivity contribution in [2.75, 3.05) is 7.11 Å². The van der Waals surface area contributed by atoms with Crippen LogP contribution in [0.2, 0.25) is 0 Å². The maximum atomic E-state index is 13.5. The smallest absolute Gasteiger partial charge is 0.471 e. The van der Waals surface area contributed by atoms with Crippen LogP contribution in [0.1, 0.15) is 40.3 Å². The van der Waals surface area contributed by atoms with Crippen molar-refractivity contribution in [3.63, 3.8) is 0 Å². The zero-order valence-electron chi connectivity index (χ0n) is 15.8. The molecule has 2 heterocycles.